The number of nitrogens with one attached hydrogen (secondary N) is 1. The van der Waals surface area contributed by atoms with Crippen LogP contribution in [0.4, 0.5) is 4.79 Å². The van der Waals surface area contributed by atoms with Crippen LogP contribution >= 0.6 is 11.8 Å². The minimum absolute atomic E-state index is 0.230. The van der Waals surface area contributed by atoms with Crippen LogP contribution < -0.4 is 14.8 Å². The average Bonchev–Trinajstić information content (AvgIpc) is 3.21. The summed E-state index contributed by atoms with van der Waals surface area (Å²) < 4.78 is 12.4. The van der Waals surface area contributed by atoms with E-state index in [2.05, 4.69) is 5.32 Å². The Hall–Kier alpha value is -3.73. The fourth-order valence-electron chi connectivity index (χ4n) is 4.31. The Morgan fingerprint density at radius 3 is 2.21 bits per heavy atom. The van der Waals surface area contributed by atoms with Crippen LogP contribution in [0.15, 0.2) is 24.3 Å². The van der Waals surface area contributed by atoms with Gasteiger partial charge in [-0.1, -0.05) is 23.9 Å². The number of hydrogen-bond donors (Lipinski definition) is 4. The number of carbonyl (C=O) groups excluding carboxylic acids is 2. The topological polar surface area (TPSA) is 159 Å². The third-order valence-electron chi connectivity index (χ3n) is 6.80. The van der Waals surface area contributed by atoms with Crippen LogP contribution in [-0.4, -0.2) is 55.9 Å². The standard InChI is InChI=1S/C24H27NO5S.C4H6O4/c1-13-14(2)21-18(15(3)20(13)26)9-10-24(4,30-21)12-29-17-7-5-16(6-8-17)11-19-22(27)25-23(28)31-19;5-3(6)1-2-4(7)8/h5-8,19,26H,9-12H2,1-4H3,(H,25,27,28);1-2H2,(H,5,6)(H,7,8). The summed E-state index contributed by atoms with van der Waals surface area (Å²) in [6.45, 7) is 8.28. The number of imide groups is 1. The molecule has 4 N–H and O–H groups in total. The van der Waals surface area contributed by atoms with E-state index in [9.17, 15) is 24.3 Å². The van der Waals surface area contributed by atoms with E-state index in [1.165, 1.54) is 0 Å². The van der Waals surface area contributed by atoms with E-state index in [-0.39, 0.29) is 29.2 Å². The first kappa shape index (κ1) is 29.8. The lowest BCUT2D eigenvalue weighted by Crippen LogP contribution is -2.42. The number of amides is 2. The highest BCUT2D eigenvalue weighted by Gasteiger charge is 2.35. The second-order valence-electron chi connectivity index (χ2n) is 9.89. The maximum atomic E-state index is 11.7. The third kappa shape index (κ3) is 7.66. The van der Waals surface area contributed by atoms with Crippen molar-refractivity contribution in [3.05, 3.63) is 52.1 Å². The van der Waals surface area contributed by atoms with Crippen LogP contribution in [0.3, 0.4) is 0 Å². The van der Waals surface area contributed by atoms with Gasteiger partial charge < -0.3 is 24.8 Å². The Morgan fingerprint density at radius 2 is 1.67 bits per heavy atom. The van der Waals surface area contributed by atoms with Crippen molar-refractivity contribution in [1.29, 1.82) is 0 Å². The maximum Gasteiger partial charge on any atom is 0.303 e. The van der Waals surface area contributed by atoms with E-state index in [1.807, 2.05) is 52.0 Å². The first-order valence-electron chi connectivity index (χ1n) is 12.5. The van der Waals surface area contributed by atoms with Gasteiger partial charge in [0.05, 0.1) is 18.1 Å². The van der Waals surface area contributed by atoms with Crippen molar-refractivity contribution in [2.45, 2.75) is 70.7 Å². The SMILES string of the molecule is Cc1c(C)c2c(c(C)c1O)CCC(C)(COc1ccc(CC3SC(=O)NC3=O)cc1)O2.O=C(O)CCC(=O)O. The Morgan fingerprint density at radius 1 is 1.05 bits per heavy atom. The molecule has 2 unspecified atom stereocenters. The number of carboxylic acid groups (broad SMARTS) is 2. The van der Waals surface area contributed by atoms with E-state index in [4.69, 9.17) is 19.7 Å². The molecule has 4 rings (SSSR count). The predicted octanol–water partition coefficient (Wildman–Crippen LogP) is 4.31. The third-order valence-corrected chi connectivity index (χ3v) is 7.78. The Kier molecular flexibility index (Phi) is 9.49. The van der Waals surface area contributed by atoms with Gasteiger partial charge in [-0.05, 0) is 81.3 Å². The van der Waals surface area contributed by atoms with E-state index in [0.717, 1.165) is 63.9 Å². The molecule has 39 heavy (non-hydrogen) atoms. The molecule has 2 aromatic rings. The molecule has 0 radical (unpaired) electrons. The monoisotopic (exact) mass is 559 g/mol. The van der Waals surface area contributed by atoms with Gasteiger partial charge in [-0.3, -0.25) is 24.5 Å². The Bertz CT molecular complexity index is 1260. The predicted molar refractivity (Wildman–Crippen MR) is 145 cm³/mol. The van der Waals surface area contributed by atoms with E-state index >= 15 is 0 Å². The van der Waals surface area contributed by atoms with Crippen LogP contribution in [0.25, 0.3) is 0 Å². The molecular formula is C28H33NO9S. The normalized spacial score (nSPS) is 19.7. The first-order valence-corrected chi connectivity index (χ1v) is 13.3. The van der Waals surface area contributed by atoms with Crippen molar-refractivity contribution >= 4 is 34.8 Å². The summed E-state index contributed by atoms with van der Waals surface area (Å²) in [4.78, 5) is 42.3. The summed E-state index contributed by atoms with van der Waals surface area (Å²) in [5.41, 5.74) is 4.31. The summed E-state index contributed by atoms with van der Waals surface area (Å²) in [5, 5.41) is 27.8. The molecule has 0 aromatic heterocycles. The summed E-state index contributed by atoms with van der Waals surface area (Å²) >= 11 is 1.04. The van der Waals surface area contributed by atoms with E-state index < -0.39 is 17.5 Å². The Balaban J connectivity index is 0.000000459. The molecule has 1 fully saturated rings. The Labute approximate surface area is 230 Å². The van der Waals surface area contributed by atoms with Crippen molar-refractivity contribution in [2.24, 2.45) is 0 Å². The minimum atomic E-state index is -1.08. The number of rotatable bonds is 8. The molecule has 0 saturated carbocycles. The molecule has 2 amide bonds. The number of fused-ring (bicyclic) bond motifs is 1. The number of hydrogen-bond acceptors (Lipinski definition) is 8. The van der Waals surface area contributed by atoms with Crippen LogP contribution in [-0.2, 0) is 27.2 Å². The molecular weight excluding hydrogens is 526 g/mol. The van der Waals surface area contributed by atoms with Crippen LogP contribution in [0.5, 0.6) is 17.2 Å². The van der Waals surface area contributed by atoms with Gasteiger partial charge in [0.1, 0.15) is 29.5 Å². The first-order chi connectivity index (χ1) is 18.3. The molecule has 1 saturated heterocycles. The number of carboxylic acids is 2. The van der Waals surface area contributed by atoms with Crippen LogP contribution in [0.1, 0.15) is 54.0 Å². The van der Waals surface area contributed by atoms with Gasteiger partial charge in [0, 0.05) is 5.56 Å². The second kappa shape index (κ2) is 12.4. The van der Waals surface area contributed by atoms with Gasteiger partial charge in [0.25, 0.3) is 5.24 Å². The number of phenols is 1. The largest absolute Gasteiger partial charge is 0.507 e. The molecule has 2 atom stereocenters. The van der Waals surface area contributed by atoms with Gasteiger partial charge in [0.15, 0.2) is 0 Å². The number of benzene rings is 2. The second-order valence-corrected chi connectivity index (χ2v) is 11.1. The molecule has 0 bridgehead atoms. The van der Waals surface area contributed by atoms with Gasteiger partial charge >= 0.3 is 11.9 Å². The van der Waals surface area contributed by atoms with Crippen molar-refractivity contribution in [1.82, 2.24) is 5.32 Å². The summed E-state index contributed by atoms with van der Waals surface area (Å²) in [5.74, 6) is -0.430. The lowest BCUT2D eigenvalue weighted by atomic mass is 9.87. The molecule has 2 heterocycles. The van der Waals surface area contributed by atoms with Gasteiger partial charge in [-0.15, -0.1) is 0 Å². The number of carbonyl (C=O) groups is 4. The van der Waals surface area contributed by atoms with Crippen molar-refractivity contribution in [3.8, 4) is 17.2 Å². The number of phenolic OH excluding ortho intramolecular Hbond substituents is 1. The fraction of sp³-hybridized carbons (Fsp3) is 0.429. The highest BCUT2D eigenvalue weighted by atomic mass is 32.2. The highest BCUT2D eigenvalue weighted by Crippen LogP contribution is 2.43. The average molecular weight is 560 g/mol. The van der Waals surface area contributed by atoms with Gasteiger partial charge in [-0.25, -0.2) is 0 Å². The quantitative estimate of drug-likeness (QED) is 0.367. The molecule has 2 aliphatic heterocycles. The molecule has 2 aliphatic rings. The van der Waals surface area contributed by atoms with Crippen LogP contribution in [0.2, 0.25) is 0 Å². The van der Waals surface area contributed by atoms with E-state index in [0.29, 0.717) is 18.8 Å². The maximum absolute atomic E-state index is 11.7. The minimum Gasteiger partial charge on any atom is -0.507 e. The number of thioether (sulfide) groups is 1. The van der Waals surface area contributed by atoms with Crippen molar-refractivity contribution < 1.29 is 44.0 Å². The van der Waals surface area contributed by atoms with Crippen molar-refractivity contribution in [3.63, 3.8) is 0 Å². The molecule has 10 nitrogen and oxygen atoms in total. The molecule has 2 aromatic carbocycles. The van der Waals surface area contributed by atoms with Crippen LogP contribution in [0, 0.1) is 20.8 Å². The summed E-state index contributed by atoms with van der Waals surface area (Å²) in [6.07, 6.45) is 1.53. The number of aliphatic carboxylic acids is 2. The molecule has 210 valence electrons. The summed E-state index contributed by atoms with van der Waals surface area (Å²) in [6, 6.07) is 7.61. The van der Waals surface area contributed by atoms with Crippen molar-refractivity contribution in [2.75, 3.05) is 6.61 Å². The molecule has 0 aliphatic carbocycles. The van der Waals surface area contributed by atoms with Gasteiger partial charge in [0.2, 0.25) is 5.91 Å². The zero-order valence-corrected chi connectivity index (χ0v) is 23.1. The van der Waals surface area contributed by atoms with Gasteiger partial charge in [-0.2, -0.15) is 0 Å². The molecule has 0 spiro atoms. The number of aromatic hydroxyl groups is 1. The van der Waals surface area contributed by atoms with E-state index in [1.54, 1.807) is 0 Å². The zero-order valence-electron chi connectivity index (χ0n) is 22.3. The number of ether oxygens (including phenoxy) is 2. The fourth-order valence-corrected chi connectivity index (χ4v) is 5.17. The highest BCUT2D eigenvalue weighted by molar-refractivity contribution is 8.15. The molecule has 11 heteroatoms. The smallest absolute Gasteiger partial charge is 0.303 e. The zero-order chi connectivity index (χ0) is 28.9. The summed E-state index contributed by atoms with van der Waals surface area (Å²) in [7, 11) is 0. The lowest BCUT2D eigenvalue weighted by molar-refractivity contribution is -0.143. The lowest BCUT2D eigenvalue weighted by Gasteiger charge is -2.37.